The van der Waals surface area contributed by atoms with Crippen LogP contribution in [0.25, 0.3) is 0 Å². The fraction of sp³-hybridized carbons (Fsp3) is 0.294. The zero-order chi connectivity index (χ0) is 14.7. The Morgan fingerprint density at radius 1 is 1.29 bits per heavy atom. The lowest BCUT2D eigenvalue weighted by Gasteiger charge is -2.23. The minimum Gasteiger partial charge on any atom is -0.480 e. The van der Waals surface area contributed by atoms with Crippen molar-refractivity contribution in [2.45, 2.75) is 26.0 Å². The molecule has 3 rings (SSSR count). The Hall–Kier alpha value is -2.36. The van der Waals surface area contributed by atoms with E-state index in [1.807, 2.05) is 49.4 Å². The zero-order valence-electron chi connectivity index (χ0n) is 12.0. The quantitative estimate of drug-likeness (QED) is 0.865. The number of pyridine rings is 1. The first-order valence-electron chi connectivity index (χ1n) is 7.21. The van der Waals surface area contributed by atoms with Crippen molar-refractivity contribution >= 4 is 5.91 Å². The largest absolute Gasteiger partial charge is 0.480 e. The minimum atomic E-state index is -0.411. The van der Waals surface area contributed by atoms with Gasteiger partial charge in [-0.1, -0.05) is 24.3 Å². The summed E-state index contributed by atoms with van der Waals surface area (Å²) >= 11 is 0. The summed E-state index contributed by atoms with van der Waals surface area (Å²) < 4.78 is 5.78. The van der Waals surface area contributed by atoms with Crippen LogP contribution in [-0.2, 0) is 17.8 Å². The van der Waals surface area contributed by atoms with Gasteiger partial charge in [-0.2, -0.15) is 0 Å². The number of hydrogen-bond acceptors (Lipinski definition) is 3. The van der Waals surface area contributed by atoms with Crippen molar-refractivity contribution in [2.75, 3.05) is 6.54 Å². The van der Waals surface area contributed by atoms with Gasteiger partial charge in [-0.05, 0) is 30.7 Å². The molecule has 1 aliphatic rings. The molecule has 0 spiro atoms. The van der Waals surface area contributed by atoms with Crippen LogP contribution in [0.15, 0.2) is 48.7 Å². The highest BCUT2D eigenvalue weighted by atomic mass is 16.5. The van der Waals surface area contributed by atoms with Gasteiger partial charge < -0.3 is 9.64 Å². The average Bonchev–Trinajstić information content (AvgIpc) is 2.97. The first-order chi connectivity index (χ1) is 10.3. The number of nitrogens with zero attached hydrogens (tertiary/aromatic N) is 2. The third kappa shape index (κ3) is 2.89. The monoisotopic (exact) mass is 282 g/mol. The summed E-state index contributed by atoms with van der Waals surface area (Å²) in [5.41, 5.74) is 1.99. The van der Waals surface area contributed by atoms with Gasteiger partial charge in [0.15, 0.2) is 6.10 Å². The third-order valence-corrected chi connectivity index (χ3v) is 3.69. The predicted molar refractivity (Wildman–Crippen MR) is 79.9 cm³/mol. The fourth-order valence-electron chi connectivity index (χ4n) is 2.56. The molecule has 1 aromatic heterocycles. The van der Waals surface area contributed by atoms with E-state index in [4.69, 9.17) is 4.74 Å². The van der Waals surface area contributed by atoms with Crippen molar-refractivity contribution in [2.24, 2.45) is 0 Å². The zero-order valence-corrected chi connectivity index (χ0v) is 12.0. The smallest absolute Gasteiger partial charge is 0.264 e. The summed E-state index contributed by atoms with van der Waals surface area (Å²) in [5.74, 6) is 0.851. The summed E-state index contributed by atoms with van der Waals surface area (Å²) in [6.07, 6.45) is 1.98. The molecule has 108 valence electrons. The molecule has 4 nitrogen and oxygen atoms in total. The molecule has 0 saturated carbocycles. The van der Waals surface area contributed by atoms with E-state index >= 15 is 0 Å². The number of benzene rings is 1. The number of likely N-dealkylation sites (N-methyl/N-ethyl adjacent to an activating group) is 1. The minimum absolute atomic E-state index is 0.0272. The lowest BCUT2D eigenvalue weighted by molar-refractivity contribution is -0.138. The van der Waals surface area contributed by atoms with Crippen LogP contribution in [0.2, 0.25) is 0 Å². The summed E-state index contributed by atoms with van der Waals surface area (Å²) in [7, 11) is 0. The molecule has 1 atom stereocenters. The van der Waals surface area contributed by atoms with Crippen molar-refractivity contribution in [1.29, 1.82) is 0 Å². The second-order valence-corrected chi connectivity index (χ2v) is 5.09. The van der Waals surface area contributed by atoms with Gasteiger partial charge in [0.1, 0.15) is 5.75 Å². The Morgan fingerprint density at radius 3 is 2.81 bits per heavy atom. The molecular formula is C17H18N2O2. The molecule has 0 bridgehead atoms. The maximum Gasteiger partial charge on any atom is 0.264 e. The van der Waals surface area contributed by atoms with Gasteiger partial charge in [0.2, 0.25) is 0 Å². The van der Waals surface area contributed by atoms with E-state index in [-0.39, 0.29) is 5.91 Å². The van der Waals surface area contributed by atoms with Crippen LogP contribution in [0.4, 0.5) is 0 Å². The molecule has 0 aliphatic carbocycles. The SMILES string of the molecule is CCN(Cc1ccccn1)C(=O)C1Cc2ccccc2O1. The molecule has 2 heterocycles. The molecule has 0 saturated heterocycles. The topological polar surface area (TPSA) is 42.4 Å². The van der Waals surface area contributed by atoms with Crippen molar-refractivity contribution in [1.82, 2.24) is 9.88 Å². The van der Waals surface area contributed by atoms with E-state index < -0.39 is 6.10 Å². The van der Waals surface area contributed by atoms with Crippen LogP contribution in [0, 0.1) is 0 Å². The second-order valence-electron chi connectivity index (χ2n) is 5.09. The normalized spacial score (nSPS) is 16.1. The third-order valence-electron chi connectivity index (χ3n) is 3.69. The van der Waals surface area contributed by atoms with Gasteiger partial charge in [-0.25, -0.2) is 0 Å². The van der Waals surface area contributed by atoms with Crippen LogP contribution < -0.4 is 4.74 Å². The highest BCUT2D eigenvalue weighted by molar-refractivity contribution is 5.82. The molecule has 1 aliphatic heterocycles. The number of para-hydroxylation sites is 1. The second kappa shape index (κ2) is 5.95. The average molecular weight is 282 g/mol. The summed E-state index contributed by atoms with van der Waals surface area (Å²) in [6, 6.07) is 13.6. The number of rotatable bonds is 4. The molecule has 1 aromatic carbocycles. The molecule has 21 heavy (non-hydrogen) atoms. The lowest BCUT2D eigenvalue weighted by Crippen LogP contribution is -2.41. The standard InChI is InChI=1S/C17H18N2O2/c1-2-19(12-14-8-5-6-10-18-14)17(20)16-11-13-7-3-4-9-15(13)21-16/h3-10,16H,2,11-12H2,1H3. The predicted octanol–water partition coefficient (Wildman–Crippen LogP) is 2.43. The van der Waals surface area contributed by atoms with Gasteiger partial charge >= 0.3 is 0 Å². The Bertz CT molecular complexity index is 603. The maximum absolute atomic E-state index is 12.6. The van der Waals surface area contributed by atoms with Gasteiger partial charge in [0, 0.05) is 19.2 Å². The number of hydrogen-bond donors (Lipinski definition) is 0. The molecule has 1 unspecified atom stereocenters. The van der Waals surface area contributed by atoms with Gasteiger partial charge in [-0.3, -0.25) is 9.78 Å². The van der Waals surface area contributed by atoms with E-state index in [2.05, 4.69) is 4.98 Å². The van der Waals surface area contributed by atoms with Crippen molar-refractivity contribution in [3.8, 4) is 5.75 Å². The Kier molecular flexibility index (Phi) is 3.86. The van der Waals surface area contributed by atoms with Crippen LogP contribution in [0.1, 0.15) is 18.2 Å². The van der Waals surface area contributed by atoms with Crippen molar-refractivity contribution in [3.63, 3.8) is 0 Å². The van der Waals surface area contributed by atoms with E-state index in [1.165, 1.54) is 0 Å². The number of carbonyl (C=O) groups is 1. The lowest BCUT2D eigenvalue weighted by atomic mass is 10.1. The van der Waals surface area contributed by atoms with Crippen LogP contribution in [0.5, 0.6) is 5.75 Å². The number of fused-ring (bicyclic) bond motifs is 1. The van der Waals surface area contributed by atoms with Gasteiger partial charge in [0.25, 0.3) is 5.91 Å². The van der Waals surface area contributed by atoms with Crippen molar-refractivity contribution in [3.05, 3.63) is 59.9 Å². The molecular weight excluding hydrogens is 264 g/mol. The van der Waals surface area contributed by atoms with Gasteiger partial charge in [-0.15, -0.1) is 0 Å². The van der Waals surface area contributed by atoms with Crippen LogP contribution in [0.3, 0.4) is 0 Å². The van der Waals surface area contributed by atoms with E-state index in [0.29, 0.717) is 19.5 Å². The van der Waals surface area contributed by atoms with Crippen LogP contribution in [-0.4, -0.2) is 28.4 Å². The van der Waals surface area contributed by atoms with Crippen molar-refractivity contribution < 1.29 is 9.53 Å². The summed E-state index contributed by atoms with van der Waals surface area (Å²) in [6.45, 7) is 3.14. The summed E-state index contributed by atoms with van der Waals surface area (Å²) in [5, 5.41) is 0. The van der Waals surface area contributed by atoms with E-state index in [9.17, 15) is 4.79 Å². The molecule has 2 aromatic rings. The first kappa shape index (κ1) is 13.6. The van der Waals surface area contributed by atoms with Gasteiger partial charge in [0.05, 0.1) is 12.2 Å². The number of carbonyl (C=O) groups excluding carboxylic acids is 1. The Labute approximate surface area is 124 Å². The maximum atomic E-state index is 12.6. The number of aromatic nitrogens is 1. The van der Waals surface area contributed by atoms with E-state index in [0.717, 1.165) is 17.0 Å². The van der Waals surface area contributed by atoms with E-state index in [1.54, 1.807) is 11.1 Å². The summed E-state index contributed by atoms with van der Waals surface area (Å²) in [4.78, 5) is 18.7. The first-order valence-corrected chi connectivity index (χ1v) is 7.21. The Morgan fingerprint density at radius 2 is 2.10 bits per heavy atom. The molecule has 0 fully saturated rings. The van der Waals surface area contributed by atoms with Crippen LogP contribution >= 0.6 is 0 Å². The highest BCUT2D eigenvalue weighted by Crippen LogP contribution is 2.29. The molecule has 1 amide bonds. The number of amides is 1. The molecule has 4 heteroatoms. The highest BCUT2D eigenvalue weighted by Gasteiger charge is 2.31. The molecule has 0 N–H and O–H groups in total. The Balaban J connectivity index is 1.70. The number of ether oxygens (including phenoxy) is 1. The molecule has 0 radical (unpaired) electrons. The fourth-order valence-corrected chi connectivity index (χ4v) is 2.56.